The third-order valence-corrected chi connectivity index (χ3v) is 3.96. The summed E-state index contributed by atoms with van der Waals surface area (Å²) in [7, 11) is 1.56. The quantitative estimate of drug-likeness (QED) is 0.847. The van der Waals surface area contributed by atoms with Gasteiger partial charge in [0.1, 0.15) is 11.6 Å². The Labute approximate surface area is 114 Å². The standard InChI is InChI=1S/C15H23FN2O/c1-3-18(11-7-5-4-6-8-11)14-10-15(19-2)13(17)9-12(14)16/h9-11H,3-8,17H2,1-2H3. The molecule has 0 unspecified atom stereocenters. The Morgan fingerprint density at radius 1 is 1.32 bits per heavy atom. The lowest BCUT2D eigenvalue weighted by atomic mass is 9.93. The van der Waals surface area contributed by atoms with Crippen molar-refractivity contribution in [3.63, 3.8) is 0 Å². The molecular weight excluding hydrogens is 243 g/mol. The number of nitrogen functional groups attached to an aromatic ring is 1. The van der Waals surface area contributed by atoms with Gasteiger partial charge in [-0.25, -0.2) is 4.39 Å². The van der Waals surface area contributed by atoms with Gasteiger partial charge in [-0.3, -0.25) is 0 Å². The molecule has 1 aromatic carbocycles. The van der Waals surface area contributed by atoms with E-state index >= 15 is 0 Å². The van der Waals surface area contributed by atoms with Crippen LogP contribution in [0.25, 0.3) is 0 Å². The van der Waals surface area contributed by atoms with Crippen LogP contribution in [-0.2, 0) is 0 Å². The number of rotatable bonds is 4. The molecule has 0 saturated heterocycles. The van der Waals surface area contributed by atoms with Crippen molar-refractivity contribution in [3.8, 4) is 5.75 Å². The maximum atomic E-state index is 14.2. The maximum absolute atomic E-state index is 14.2. The minimum Gasteiger partial charge on any atom is -0.495 e. The van der Waals surface area contributed by atoms with Crippen LogP contribution in [0.1, 0.15) is 39.0 Å². The van der Waals surface area contributed by atoms with Crippen molar-refractivity contribution in [2.45, 2.75) is 45.1 Å². The van der Waals surface area contributed by atoms with Crippen molar-refractivity contribution in [2.24, 2.45) is 0 Å². The van der Waals surface area contributed by atoms with Crippen LogP contribution in [0.4, 0.5) is 15.8 Å². The van der Waals surface area contributed by atoms with Gasteiger partial charge >= 0.3 is 0 Å². The lowest BCUT2D eigenvalue weighted by Gasteiger charge is -2.35. The van der Waals surface area contributed by atoms with E-state index in [0.29, 0.717) is 23.2 Å². The number of hydrogen-bond donors (Lipinski definition) is 1. The molecular formula is C15H23FN2O. The molecule has 0 radical (unpaired) electrons. The molecule has 0 spiro atoms. The molecule has 3 nitrogen and oxygen atoms in total. The molecule has 1 fully saturated rings. The summed E-state index contributed by atoms with van der Waals surface area (Å²) in [6.07, 6.45) is 6.03. The third-order valence-electron chi connectivity index (χ3n) is 3.96. The Hall–Kier alpha value is -1.45. The predicted octanol–water partition coefficient (Wildman–Crippen LogP) is 3.58. The molecule has 1 saturated carbocycles. The summed E-state index contributed by atoms with van der Waals surface area (Å²) < 4.78 is 19.4. The smallest absolute Gasteiger partial charge is 0.148 e. The van der Waals surface area contributed by atoms with Crippen molar-refractivity contribution in [3.05, 3.63) is 17.9 Å². The highest BCUT2D eigenvalue weighted by molar-refractivity contribution is 5.63. The predicted molar refractivity (Wildman–Crippen MR) is 77.3 cm³/mol. The van der Waals surface area contributed by atoms with E-state index in [1.54, 1.807) is 13.2 Å². The van der Waals surface area contributed by atoms with Gasteiger partial charge in [-0.2, -0.15) is 0 Å². The number of nitrogens with two attached hydrogens (primary N) is 1. The van der Waals surface area contributed by atoms with E-state index in [0.717, 1.165) is 19.4 Å². The fraction of sp³-hybridized carbons (Fsp3) is 0.600. The second kappa shape index (κ2) is 6.13. The highest BCUT2D eigenvalue weighted by Gasteiger charge is 2.23. The SMILES string of the molecule is CCN(c1cc(OC)c(N)cc1F)C1CCCCC1. The highest BCUT2D eigenvalue weighted by Crippen LogP contribution is 2.34. The van der Waals surface area contributed by atoms with E-state index in [-0.39, 0.29) is 5.82 Å². The van der Waals surface area contributed by atoms with Crippen molar-refractivity contribution in [1.82, 2.24) is 0 Å². The number of ether oxygens (including phenoxy) is 1. The molecule has 0 amide bonds. The first-order chi connectivity index (χ1) is 9.17. The summed E-state index contributed by atoms with van der Waals surface area (Å²) in [6.45, 7) is 2.87. The fourth-order valence-corrected chi connectivity index (χ4v) is 2.97. The van der Waals surface area contributed by atoms with Crippen LogP contribution in [0, 0.1) is 5.82 Å². The van der Waals surface area contributed by atoms with Gasteiger partial charge in [0.05, 0.1) is 18.5 Å². The van der Waals surface area contributed by atoms with Crippen molar-refractivity contribution in [1.29, 1.82) is 0 Å². The minimum absolute atomic E-state index is 0.259. The van der Waals surface area contributed by atoms with Gasteiger partial charge in [-0.1, -0.05) is 19.3 Å². The molecule has 0 aromatic heterocycles. The van der Waals surface area contributed by atoms with E-state index in [4.69, 9.17) is 10.5 Å². The average Bonchev–Trinajstić information content (AvgIpc) is 2.43. The zero-order valence-electron chi connectivity index (χ0n) is 11.8. The van der Waals surface area contributed by atoms with Gasteiger partial charge in [-0.05, 0) is 19.8 Å². The molecule has 0 bridgehead atoms. The van der Waals surface area contributed by atoms with Crippen molar-refractivity contribution in [2.75, 3.05) is 24.3 Å². The van der Waals surface area contributed by atoms with Gasteiger partial charge in [0, 0.05) is 24.7 Å². The molecule has 2 N–H and O–H groups in total. The van der Waals surface area contributed by atoms with Crippen LogP contribution in [-0.4, -0.2) is 19.7 Å². The normalized spacial score (nSPS) is 16.4. The van der Waals surface area contributed by atoms with Crippen LogP contribution < -0.4 is 15.4 Å². The third kappa shape index (κ3) is 2.94. The Morgan fingerprint density at radius 3 is 2.58 bits per heavy atom. The Morgan fingerprint density at radius 2 is 2.00 bits per heavy atom. The average molecular weight is 266 g/mol. The van der Waals surface area contributed by atoms with Crippen LogP contribution in [0.3, 0.4) is 0 Å². The van der Waals surface area contributed by atoms with E-state index in [1.807, 2.05) is 0 Å². The monoisotopic (exact) mass is 266 g/mol. The fourth-order valence-electron chi connectivity index (χ4n) is 2.97. The highest BCUT2D eigenvalue weighted by atomic mass is 19.1. The van der Waals surface area contributed by atoms with E-state index in [9.17, 15) is 4.39 Å². The molecule has 4 heteroatoms. The largest absolute Gasteiger partial charge is 0.495 e. The lowest BCUT2D eigenvalue weighted by molar-refractivity contribution is 0.407. The molecule has 1 aliphatic rings. The molecule has 0 aliphatic heterocycles. The lowest BCUT2D eigenvalue weighted by Crippen LogP contribution is -2.37. The molecule has 19 heavy (non-hydrogen) atoms. The molecule has 1 aromatic rings. The maximum Gasteiger partial charge on any atom is 0.148 e. The molecule has 0 atom stereocenters. The second-order valence-electron chi connectivity index (χ2n) is 5.12. The van der Waals surface area contributed by atoms with Crippen LogP contribution >= 0.6 is 0 Å². The zero-order chi connectivity index (χ0) is 13.8. The van der Waals surface area contributed by atoms with Crippen LogP contribution in [0.15, 0.2) is 12.1 Å². The van der Waals surface area contributed by atoms with Crippen molar-refractivity contribution < 1.29 is 9.13 Å². The second-order valence-corrected chi connectivity index (χ2v) is 5.12. The topological polar surface area (TPSA) is 38.5 Å². The summed E-state index contributed by atoms with van der Waals surface area (Å²) in [6, 6.07) is 3.52. The Balaban J connectivity index is 2.31. The first-order valence-electron chi connectivity index (χ1n) is 7.07. The number of methoxy groups -OCH3 is 1. The van der Waals surface area contributed by atoms with Gasteiger partial charge in [0.25, 0.3) is 0 Å². The summed E-state index contributed by atoms with van der Waals surface area (Å²) in [5, 5.41) is 0. The number of benzene rings is 1. The van der Waals surface area contributed by atoms with E-state index < -0.39 is 0 Å². The summed E-state index contributed by atoms with van der Waals surface area (Å²) in [5.74, 6) is 0.288. The Kier molecular flexibility index (Phi) is 4.51. The molecule has 0 heterocycles. The van der Waals surface area contributed by atoms with Gasteiger partial charge in [0.2, 0.25) is 0 Å². The van der Waals surface area contributed by atoms with Gasteiger partial charge in [-0.15, -0.1) is 0 Å². The molecule has 2 rings (SSSR count). The van der Waals surface area contributed by atoms with Crippen molar-refractivity contribution >= 4 is 11.4 Å². The number of nitrogens with zero attached hydrogens (tertiary/aromatic N) is 1. The summed E-state index contributed by atoms with van der Waals surface area (Å²) >= 11 is 0. The first kappa shape index (κ1) is 14.0. The minimum atomic E-state index is -0.259. The van der Waals surface area contributed by atoms with Crippen LogP contribution in [0.2, 0.25) is 0 Å². The van der Waals surface area contributed by atoms with Gasteiger partial charge in [0.15, 0.2) is 0 Å². The summed E-state index contributed by atoms with van der Waals surface area (Å²) in [5.41, 5.74) is 6.70. The Bertz CT molecular complexity index is 430. The number of halogens is 1. The molecule has 1 aliphatic carbocycles. The molecule has 106 valence electrons. The van der Waals surface area contributed by atoms with Crippen LogP contribution in [0.5, 0.6) is 5.75 Å². The van der Waals surface area contributed by atoms with E-state index in [1.165, 1.54) is 25.3 Å². The zero-order valence-corrected chi connectivity index (χ0v) is 11.8. The van der Waals surface area contributed by atoms with E-state index in [2.05, 4.69) is 11.8 Å². The summed E-state index contributed by atoms with van der Waals surface area (Å²) in [4.78, 5) is 2.15. The van der Waals surface area contributed by atoms with Gasteiger partial charge < -0.3 is 15.4 Å². The number of hydrogen-bond acceptors (Lipinski definition) is 3. The number of anilines is 2. The first-order valence-corrected chi connectivity index (χ1v) is 7.07.